The standard InChI is InChI=1S/C10H10ClN3OS/c11-8-2-1-6(15)5-7(8)10-14-13-9(16-10)3-4-12/h1-2,5,15H,3-4,12H2. The molecule has 16 heavy (non-hydrogen) atoms. The summed E-state index contributed by atoms with van der Waals surface area (Å²) in [6.45, 7) is 0.544. The average Bonchev–Trinajstić information content (AvgIpc) is 2.71. The lowest BCUT2D eigenvalue weighted by molar-refractivity contribution is 0.475. The molecular weight excluding hydrogens is 246 g/mol. The summed E-state index contributed by atoms with van der Waals surface area (Å²) >= 11 is 7.46. The highest BCUT2D eigenvalue weighted by atomic mass is 35.5. The summed E-state index contributed by atoms with van der Waals surface area (Å²) in [6, 6.07) is 4.75. The summed E-state index contributed by atoms with van der Waals surface area (Å²) < 4.78 is 0. The van der Waals surface area contributed by atoms with Crippen LogP contribution in [0.15, 0.2) is 18.2 Å². The van der Waals surface area contributed by atoms with Gasteiger partial charge in [0.2, 0.25) is 0 Å². The van der Waals surface area contributed by atoms with Crippen LogP contribution in [0.1, 0.15) is 5.01 Å². The first-order valence-electron chi connectivity index (χ1n) is 4.72. The van der Waals surface area contributed by atoms with Gasteiger partial charge in [-0.05, 0) is 24.7 Å². The second-order valence-electron chi connectivity index (χ2n) is 3.20. The topological polar surface area (TPSA) is 72.0 Å². The van der Waals surface area contributed by atoms with Gasteiger partial charge in [-0.1, -0.05) is 22.9 Å². The van der Waals surface area contributed by atoms with Crippen molar-refractivity contribution in [1.29, 1.82) is 0 Å². The molecule has 0 spiro atoms. The molecule has 0 unspecified atom stereocenters. The third-order valence-corrected chi connectivity index (χ3v) is 3.35. The highest BCUT2D eigenvalue weighted by molar-refractivity contribution is 7.14. The molecular formula is C10H10ClN3OS. The maximum absolute atomic E-state index is 9.39. The number of phenols is 1. The number of nitrogens with two attached hydrogens (primary N) is 1. The number of phenolic OH excluding ortho intramolecular Hbond substituents is 1. The Balaban J connectivity index is 2.38. The van der Waals surface area contributed by atoms with Gasteiger partial charge in [0.25, 0.3) is 0 Å². The molecule has 1 heterocycles. The van der Waals surface area contributed by atoms with Gasteiger partial charge >= 0.3 is 0 Å². The summed E-state index contributed by atoms with van der Waals surface area (Å²) in [4.78, 5) is 0. The van der Waals surface area contributed by atoms with Crippen molar-refractivity contribution < 1.29 is 5.11 Å². The van der Waals surface area contributed by atoms with Crippen molar-refractivity contribution in [2.45, 2.75) is 6.42 Å². The molecule has 1 aromatic heterocycles. The molecule has 0 radical (unpaired) electrons. The molecule has 1 aromatic carbocycles. The van der Waals surface area contributed by atoms with Gasteiger partial charge in [0.15, 0.2) is 0 Å². The average molecular weight is 256 g/mol. The first-order chi connectivity index (χ1) is 7.70. The molecule has 0 aliphatic heterocycles. The molecule has 0 fully saturated rings. The fraction of sp³-hybridized carbons (Fsp3) is 0.200. The van der Waals surface area contributed by atoms with Crippen molar-refractivity contribution in [2.24, 2.45) is 5.73 Å². The van der Waals surface area contributed by atoms with Gasteiger partial charge in [-0.3, -0.25) is 0 Å². The minimum absolute atomic E-state index is 0.162. The molecule has 2 rings (SSSR count). The fourth-order valence-corrected chi connectivity index (χ4v) is 2.41. The number of aromatic hydroxyl groups is 1. The molecule has 3 N–H and O–H groups in total. The Bertz CT molecular complexity index is 501. The molecule has 0 aliphatic rings. The van der Waals surface area contributed by atoms with E-state index in [9.17, 15) is 5.11 Å². The molecule has 0 saturated heterocycles. The number of hydrogen-bond donors (Lipinski definition) is 2. The summed E-state index contributed by atoms with van der Waals surface area (Å²) in [6.07, 6.45) is 0.702. The van der Waals surface area contributed by atoms with Gasteiger partial charge in [-0.15, -0.1) is 10.2 Å². The Morgan fingerprint density at radius 3 is 2.94 bits per heavy atom. The first kappa shape index (κ1) is 11.3. The normalized spacial score (nSPS) is 10.6. The van der Waals surface area contributed by atoms with E-state index in [1.54, 1.807) is 12.1 Å². The number of benzene rings is 1. The number of aromatic nitrogens is 2. The van der Waals surface area contributed by atoms with Crippen LogP contribution in [0, 0.1) is 0 Å². The Hall–Kier alpha value is -1.17. The van der Waals surface area contributed by atoms with Crippen LogP contribution in [-0.4, -0.2) is 21.8 Å². The molecule has 0 amide bonds. The zero-order valence-corrected chi connectivity index (χ0v) is 9.92. The van der Waals surface area contributed by atoms with Gasteiger partial charge in [0.05, 0.1) is 5.02 Å². The largest absolute Gasteiger partial charge is 0.508 e. The second kappa shape index (κ2) is 4.78. The van der Waals surface area contributed by atoms with Crippen LogP contribution in [0.5, 0.6) is 5.75 Å². The summed E-state index contributed by atoms with van der Waals surface area (Å²) in [5.41, 5.74) is 6.13. The van der Waals surface area contributed by atoms with Crippen LogP contribution in [0.2, 0.25) is 5.02 Å². The molecule has 6 heteroatoms. The van der Waals surface area contributed by atoms with E-state index in [2.05, 4.69) is 10.2 Å². The first-order valence-corrected chi connectivity index (χ1v) is 5.91. The maximum atomic E-state index is 9.39. The summed E-state index contributed by atoms with van der Waals surface area (Å²) in [5, 5.41) is 19.5. The van der Waals surface area contributed by atoms with Crippen molar-refractivity contribution in [2.75, 3.05) is 6.54 Å². The van der Waals surface area contributed by atoms with Crippen LogP contribution < -0.4 is 5.73 Å². The second-order valence-corrected chi connectivity index (χ2v) is 4.67. The summed E-state index contributed by atoms with van der Waals surface area (Å²) in [5.74, 6) is 0.162. The molecule has 0 bridgehead atoms. The molecule has 0 atom stereocenters. The predicted octanol–water partition coefficient (Wildman–Crippen LogP) is 2.07. The van der Waals surface area contributed by atoms with Gasteiger partial charge in [0, 0.05) is 12.0 Å². The fourth-order valence-electron chi connectivity index (χ4n) is 1.26. The smallest absolute Gasteiger partial charge is 0.149 e. The highest BCUT2D eigenvalue weighted by Gasteiger charge is 2.10. The number of halogens is 1. The van der Waals surface area contributed by atoms with Gasteiger partial charge in [0.1, 0.15) is 15.8 Å². The lowest BCUT2D eigenvalue weighted by Crippen LogP contribution is -2.01. The minimum Gasteiger partial charge on any atom is -0.508 e. The predicted molar refractivity (Wildman–Crippen MR) is 64.8 cm³/mol. The minimum atomic E-state index is 0.162. The van der Waals surface area contributed by atoms with E-state index in [4.69, 9.17) is 17.3 Å². The maximum Gasteiger partial charge on any atom is 0.149 e. The van der Waals surface area contributed by atoms with E-state index in [-0.39, 0.29) is 5.75 Å². The van der Waals surface area contributed by atoms with Crippen LogP contribution >= 0.6 is 22.9 Å². The van der Waals surface area contributed by atoms with Crippen molar-refractivity contribution in [3.63, 3.8) is 0 Å². The SMILES string of the molecule is NCCc1nnc(-c2cc(O)ccc2Cl)s1. The Morgan fingerprint density at radius 1 is 1.38 bits per heavy atom. The Labute approximate surface area is 102 Å². The lowest BCUT2D eigenvalue weighted by Gasteiger charge is -1.99. The molecule has 0 aliphatic carbocycles. The number of rotatable bonds is 3. The third-order valence-electron chi connectivity index (χ3n) is 2.01. The monoisotopic (exact) mass is 255 g/mol. The van der Waals surface area contributed by atoms with Gasteiger partial charge < -0.3 is 10.8 Å². The van der Waals surface area contributed by atoms with E-state index in [0.29, 0.717) is 28.6 Å². The quantitative estimate of drug-likeness (QED) is 0.881. The molecule has 2 aromatic rings. The third kappa shape index (κ3) is 2.32. The Morgan fingerprint density at radius 2 is 2.19 bits per heavy atom. The van der Waals surface area contributed by atoms with Crippen LogP contribution in [0.25, 0.3) is 10.6 Å². The number of nitrogens with zero attached hydrogens (tertiary/aromatic N) is 2. The van der Waals surface area contributed by atoms with Crippen molar-refractivity contribution >= 4 is 22.9 Å². The van der Waals surface area contributed by atoms with Crippen molar-refractivity contribution in [3.05, 3.63) is 28.2 Å². The van der Waals surface area contributed by atoms with Crippen LogP contribution in [0.4, 0.5) is 0 Å². The number of hydrogen-bond acceptors (Lipinski definition) is 5. The zero-order chi connectivity index (χ0) is 11.5. The highest BCUT2D eigenvalue weighted by Crippen LogP contribution is 2.32. The summed E-state index contributed by atoms with van der Waals surface area (Å²) in [7, 11) is 0. The van der Waals surface area contributed by atoms with Crippen molar-refractivity contribution in [1.82, 2.24) is 10.2 Å². The molecule has 84 valence electrons. The van der Waals surface area contributed by atoms with E-state index < -0.39 is 0 Å². The van der Waals surface area contributed by atoms with E-state index in [0.717, 1.165) is 5.01 Å². The molecule has 0 saturated carbocycles. The van der Waals surface area contributed by atoms with Crippen LogP contribution in [-0.2, 0) is 6.42 Å². The Kier molecular flexibility index (Phi) is 3.38. The lowest BCUT2D eigenvalue weighted by atomic mass is 10.2. The van der Waals surface area contributed by atoms with Gasteiger partial charge in [-0.2, -0.15) is 0 Å². The van der Waals surface area contributed by atoms with Gasteiger partial charge in [-0.25, -0.2) is 0 Å². The van der Waals surface area contributed by atoms with E-state index in [1.807, 2.05) is 0 Å². The zero-order valence-electron chi connectivity index (χ0n) is 8.35. The van der Waals surface area contributed by atoms with Crippen molar-refractivity contribution in [3.8, 4) is 16.3 Å². The molecule has 4 nitrogen and oxygen atoms in total. The van der Waals surface area contributed by atoms with Crippen LogP contribution in [0.3, 0.4) is 0 Å². The van der Waals surface area contributed by atoms with E-state index >= 15 is 0 Å². The van der Waals surface area contributed by atoms with E-state index in [1.165, 1.54) is 17.4 Å².